The third-order valence-electron chi connectivity index (χ3n) is 4.63. The van der Waals surface area contributed by atoms with Crippen molar-refractivity contribution < 1.29 is 0 Å². The molecule has 0 aliphatic rings. The van der Waals surface area contributed by atoms with Crippen LogP contribution >= 0.6 is 0 Å². The zero-order valence-corrected chi connectivity index (χ0v) is 19.6. The van der Waals surface area contributed by atoms with Gasteiger partial charge in [0.25, 0.3) is 0 Å². The van der Waals surface area contributed by atoms with Gasteiger partial charge in [-0.25, -0.2) is 0 Å². The van der Waals surface area contributed by atoms with Gasteiger partial charge >= 0.3 is 0 Å². The summed E-state index contributed by atoms with van der Waals surface area (Å²) < 4.78 is 0. The molecule has 140 valence electrons. The second-order valence-electron chi connectivity index (χ2n) is 9.94. The minimum absolute atomic E-state index is 0.858. The Labute approximate surface area is 150 Å². The van der Waals surface area contributed by atoms with E-state index in [4.69, 9.17) is 0 Å². The average molecular weight is 358 g/mol. The summed E-state index contributed by atoms with van der Waals surface area (Å²) in [5.41, 5.74) is 0. The first-order valence-corrected chi connectivity index (χ1v) is 17.8. The lowest BCUT2D eigenvalue weighted by atomic mass is 10.1. The van der Waals surface area contributed by atoms with Gasteiger partial charge in [0.2, 0.25) is 0 Å². The fourth-order valence-corrected chi connectivity index (χ4v) is 5.55. The Hall–Kier alpha value is 0.394. The van der Waals surface area contributed by atoms with Crippen molar-refractivity contribution in [2.75, 3.05) is 19.6 Å². The van der Waals surface area contributed by atoms with Gasteiger partial charge in [0.1, 0.15) is 0 Å². The molecule has 0 atom stereocenters. The highest BCUT2D eigenvalue weighted by atomic mass is 28.3. The summed E-state index contributed by atoms with van der Waals surface area (Å²) in [7, 11) is -1.72. The summed E-state index contributed by atoms with van der Waals surface area (Å²) in [6, 6.07) is 2.99. The Bertz CT molecular complexity index is 246. The molecule has 0 fully saturated rings. The minimum atomic E-state index is -0.858. The summed E-state index contributed by atoms with van der Waals surface area (Å²) in [6.45, 7) is 21.4. The van der Waals surface area contributed by atoms with Crippen molar-refractivity contribution in [2.24, 2.45) is 0 Å². The van der Waals surface area contributed by atoms with Crippen LogP contribution < -0.4 is 0 Å². The van der Waals surface area contributed by atoms with E-state index in [2.05, 4.69) is 51.1 Å². The molecule has 0 saturated carbocycles. The van der Waals surface area contributed by atoms with Crippen LogP contribution in [0.15, 0.2) is 0 Å². The normalized spacial score (nSPS) is 13.0. The van der Waals surface area contributed by atoms with Gasteiger partial charge in [0.05, 0.1) is 0 Å². The molecule has 1 nitrogen and oxygen atoms in total. The van der Waals surface area contributed by atoms with Gasteiger partial charge in [0, 0.05) is 16.1 Å². The molecule has 0 aliphatic carbocycles. The second kappa shape index (κ2) is 12.7. The minimum Gasteiger partial charge on any atom is -0.303 e. The summed E-state index contributed by atoms with van der Waals surface area (Å²) in [5, 5.41) is 0. The fourth-order valence-electron chi connectivity index (χ4n) is 3.12. The molecule has 0 aromatic rings. The first-order chi connectivity index (χ1) is 10.6. The molecule has 0 aromatic carbocycles. The third kappa shape index (κ3) is 18.6. The van der Waals surface area contributed by atoms with Crippen molar-refractivity contribution in [1.82, 2.24) is 4.90 Å². The van der Waals surface area contributed by atoms with Gasteiger partial charge in [-0.15, -0.1) is 0 Å². The molecule has 0 radical (unpaired) electrons. The van der Waals surface area contributed by atoms with Crippen molar-refractivity contribution in [3.63, 3.8) is 0 Å². The van der Waals surface area contributed by atoms with Crippen molar-refractivity contribution in [3.8, 4) is 0 Å². The number of hydrogen-bond donors (Lipinski definition) is 0. The van der Waals surface area contributed by atoms with Crippen molar-refractivity contribution in [3.05, 3.63) is 0 Å². The first kappa shape index (κ1) is 23.4. The Kier molecular flexibility index (Phi) is 12.9. The largest absolute Gasteiger partial charge is 0.303 e. The monoisotopic (exact) mass is 357 g/mol. The number of rotatable bonds is 15. The maximum atomic E-state index is 2.79. The van der Waals surface area contributed by atoms with Crippen molar-refractivity contribution in [1.29, 1.82) is 0 Å². The topological polar surface area (TPSA) is 3.24 Å². The van der Waals surface area contributed by atoms with Crippen LogP contribution in [0.4, 0.5) is 0 Å². The van der Waals surface area contributed by atoms with E-state index in [-0.39, 0.29) is 0 Å². The van der Waals surface area contributed by atoms with Crippen molar-refractivity contribution >= 4 is 16.1 Å². The molecule has 0 bridgehead atoms. The summed E-state index contributed by atoms with van der Waals surface area (Å²) in [4.78, 5) is 2.79. The molecule has 0 rings (SSSR count). The predicted molar refractivity (Wildman–Crippen MR) is 115 cm³/mol. The van der Waals surface area contributed by atoms with E-state index in [0.29, 0.717) is 0 Å². The van der Waals surface area contributed by atoms with Gasteiger partial charge in [-0.3, -0.25) is 0 Å². The fraction of sp³-hybridized carbons (Fsp3) is 1.00. The Morgan fingerprint density at radius 3 is 1.35 bits per heavy atom. The Morgan fingerprint density at radius 1 is 0.522 bits per heavy atom. The molecule has 0 saturated heterocycles. The average Bonchev–Trinajstić information content (AvgIpc) is 2.39. The van der Waals surface area contributed by atoms with Crippen LogP contribution in [0.2, 0.25) is 51.4 Å². The smallest absolute Gasteiger partial charge is 0.0443 e. The van der Waals surface area contributed by atoms with Crippen LogP contribution in [0.1, 0.15) is 58.3 Å². The standard InChI is InChI=1S/C20H47NSi2/c1-8-9-10-11-12-13-16-21(17-14-19-22(2,3)4)18-15-20-23(5,6)7/h8-20H2,1-7H3. The van der Waals surface area contributed by atoms with E-state index in [9.17, 15) is 0 Å². The highest BCUT2D eigenvalue weighted by Gasteiger charge is 2.15. The van der Waals surface area contributed by atoms with E-state index in [1.165, 1.54) is 83.1 Å². The van der Waals surface area contributed by atoms with Gasteiger partial charge in [-0.1, -0.05) is 90.4 Å². The molecular formula is C20H47NSi2. The molecular weight excluding hydrogens is 310 g/mol. The van der Waals surface area contributed by atoms with Gasteiger partial charge in [-0.05, 0) is 38.9 Å². The SMILES string of the molecule is CCCCCCCCN(CCC[Si](C)(C)C)CCC[Si](C)(C)C. The zero-order valence-electron chi connectivity index (χ0n) is 17.6. The molecule has 3 heteroatoms. The maximum Gasteiger partial charge on any atom is 0.0443 e. The van der Waals surface area contributed by atoms with Gasteiger partial charge in [0.15, 0.2) is 0 Å². The molecule has 23 heavy (non-hydrogen) atoms. The lowest BCUT2D eigenvalue weighted by Crippen LogP contribution is -2.31. The van der Waals surface area contributed by atoms with Crippen LogP contribution in [0, 0.1) is 0 Å². The molecule has 0 unspecified atom stereocenters. The van der Waals surface area contributed by atoms with Gasteiger partial charge < -0.3 is 4.90 Å². The van der Waals surface area contributed by atoms with Crippen LogP contribution in [-0.4, -0.2) is 40.7 Å². The number of unbranched alkanes of at least 4 members (excludes halogenated alkanes) is 5. The van der Waals surface area contributed by atoms with E-state index < -0.39 is 16.1 Å². The van der Waals surface area contributed by atoms with Crippen LogP contribution in [-0.2, 0) is 0 Å². The Balaban J connectivity index is 4.00. The van der Waals surface area contributed by atoms with Crippen LogP contribution in [0.25, 0.3) is 0 Å². The maximum absolute atomic E-state index is 2.79. The van der Waals surface area contributed by atoms with Crippen LogP contribution in [0.5, 0.6) is 0 Å². The highest BCUT2D eigenvalue weighted by molar-refractivity contribution is 6.76. The van der Waals surface area contributed by atoms with E-state index in [1.54, 1.807) is 0 Å². The quantitative estimate of drug-likeness (QED) is 0.223. The predicted octanol–water partition coefficient (Wildman–Crippen LogP) is 7.11. The third-order valence-corrected chi connectivity index (χ3v) is 8.34. The van der Waals surface area contributed by atoms with E-state index in [1.807, 2.05) is 0 Å². The Morgan fingerprint density at radius 2 is 0.913 bits per heavy atom. The summed E-state index contributed by atoms with van der Waals surface area (Å²) in [5.74, 6) is 0. The zero-order chi connectivity index (χ0) is 17.8. The van der Waals surface area contributed by atoms with E-state index in [0.717, 1.165) is 0 Å². The van der Waals surface area contributed by atoms with E-state index >= 15 is 0 Å². The number of hydrogen-bond acceptors (Lipinski definition) is 1. The lowest BCUT2D eigenvalue weighted by Gasteiger charge is -2.25. The second-order valence-corrected chi connectivity index (χ2v) is 21.2. The van der Waals surface area contributed by atoms with Gasteiger partial charge in [-0.2, -0.15) is 0 Å². The molecule has 0 amide bonds. The molecule has 0 heterocycles. The summed E-state index contributed by atoms with van der Waals surface area (Å²) >= 11 is 0. The molecule has 0 spiro atoms. The first-order valence-electron chi connectivity index (χ1n) is 10.4. The summed E-state index contributed by atoms with van der Waals surface area (Å²) in [6.07, 6.45) is 11.4. The highest BCUT2D eigenvalue weighted by Crippen LogP contribution is 2.15. The molecule has 0 aromatic heterocycles. The lowest BCUT2D eigenvalue weighted by molar-refractivity contribution is 0.267. The molecule has 0 aliphatic heterocycles. The number of nitrogens with zero attached hydrogens (tertiary/aromatic N) is 1. The van der Waals surface area contributed by atoms with Crippen LogP contribution in [0.3, 0.4) is 0 Å². The molecule has 0 N–H and O–H groups in total. The van der Waals surface area contributed by atoms with Crippen molar-refractivity contribution in [2.45, 2.75) is 110 Å².